The largest absolute Gasteiger partial charge is 0.384 e. The van der Waals surface area contributed by atoms with Crippen LogP contribution in [0.25, 0.3) is 0 Å². The van der Waals surface area contributed by atoms with Crippen LogP contribution in [0.4, 0.5) is 0 Å². The van der Waals surface area contributed by atoms with E-state index in [-0.39, 0.29) is 11.3 Å². The Bertz CT molecular complexity index is 385. The molecule has 94 valence electrons. The summed E-state index contributed by atoms with van der Waals surface area (Å²) in [5, 5.41) is 11.8. The van der Waals surface area contributed by atoms with Crippen LogP contribution in [0.2, 0.25) is 0 Å². The number of carbonyl (C=O) groups is 1. The summed E-state index contributed by atoms with van der Waals surface area (Å²) in [5.41, 5.74) is 0.984. The summed E-state index contributed by atoms with van der Waals surface area (Å²) in [6.45, 7) is 6.07. The van der Waals surface area contributed by atoms with Gasteiger partial charge in [-0.05, 0) is 24.6 Å². The van der Waals surface area contributed by atoms with E-state index in [2.05, 4.69) is 35.1 Å². The van der Waals surface area contributed by atoms with Gasteiger partial charge in [-0.25, -0.2) is 0 Å². The average Bonchev–Trinajstić information content (AvgIpc) is 2.26. The third kappa shape index (κ3) is 4.13. The Labute approximate surface area is 110 Å². The first-order valence-electron chi connectivity index (χ1n) is 5.55. The molecule has 1 rings (SSSR count). The molecule has 17 heavy (non-hydrogen) atoms. The summed E-state index contributed by atoms with van der Waals surface area (Å²) in [6.07, 6.45) is -0.962. The summed E-state index contributed by atoms with van der Waals surface area (Å²) >= 11 is 3.39. The van der Waals surface area contributed by atoms with E-state index in [1.165, 1.54) is 6.92 Å². The maximum Gasteiger partial charge on any atom is 0.248 e. The third-order valence-corrected chi connectivity index (χ3v) is 3.24. The van der Waals surface area contributed by atoms with Crippen LogP contribution >= 0.6 is 15.9 Å². The number of rotatable bonds is 4. The monoisotopic (exact) mass is 299 g/mol. The van der Waals surface area contributed by atoms with E-state index < -0.39 is 6.10 Å². The lowest BCUT2D eigenvalue weighted by Gasteiger charge is -2.26. The van der Waals surface area contributed by atoms with Gasteiger partial charge in [-0.15, -0.1) is 0 Å². The lowest BCUT2D eigenvalue weighted by molar-refractivity contribution is -0.128. The van der Waals surface area contributed by atoms with Crippen LogP contribution in [0.5, 0.6) is 0 Å². The molecule has 1 aromatic rings. The first kappa shape index (κ1) is 14.2. The SMILES string of the molecule is CC(O)C(=O)NCC(C)(C)c1ccc(Br)cc1. The maximum atomic E-state index is 11.3. The van der Waals surface area contributed by atoms with Gasteiger partial charge in [-0.1, -0.05) is 41.9 Å². The Morgan fingerprint density at radius 3 is 2.41 bits per heavy atom. The number of amides is 1. The van der Waals surface area contributed by atoms with Crippen molar-refractivity contribution in [3.63, 3.8) is 0 Å². The Kier molecular flexibility index (Phi) is 4.71. The predicted octanol–water partition coefficient (Wildman–Crippen LogP) is 2.22. The molecule has 2 N–H and O–H groups in total. The van der Waals surface area contributed by atoms with Crippen LogP contribution in [0.3, 0.4) is 0 Å². The van der Waals surface area contributed by atoms with Crippen molar-refractivity contribution < 1.29 is 9.90 Å². The van der Waals surface area contributed by atoms with Crippen molar-refractivity contribution in [2.24, 2.45) is 0 Å². The fraction of sp³-hybridized carbons (Fsp3) is 0.462. The van der Waals surface area contributed by atoms with Gasteiger partial charge in [0.15, 0.2) is 0 Å². The Balaban J connectivity index is 2.68. The lowest BCUT2D eigenvalue weighted by atomic mass is 9.84. The summed E-state index contributed by atoms with van der Waals surface area (Å²) in [5.74, 6) is -0.338. The zero-order valence-corrected chi connectivity index (χ0v) is 11.9. The van der Waals surface area contributed by atoms with Crippen molar-refractivity contribution in [2.75, 3.05) is 6.54 Å². The summed E-state index contributed by atoms with van der Waals surface area (Å²) in [4.78, 5) is 11.3. The van der Waals surface area contributed by atoms with Crippen LogP contribution in [0.15, 0.2) is 28.7 Å². The van der Waals surface area contributed by atoms with Crippen molar-refractivity contribution in [3.05, 3.63) is 34.3 Å². The third-order valence-electron chi connectivity index (χ3n) is 2.71. The van der Waals surface area contributed by atoms with Crippen LogP contribution in [-0.2, 0) is 10.2 Å². The fourth-order valence-electron chi connectivity index (χ4n) is 1.46. The second-order valence-corrected chi connectivity index (χ2v) is 5.70. The van der Waals surface area contributed by atoms with Gasteiger partial charge in [0.1, 0.15) is 6.10 Å². The molecule has 0 fully saturated rings. The Hall–Kier alpha value is -0.870. The quantitative estimate of drug-likeness (QED) is 0.896. The number of carbonyl (C=O) groups excluding carboxylic acids is 1. The molecule has 0 saturated heterocycles. The molecule has 1 aromatic carbocycles. The van der Waals surface area contributed by atoms with Gasteiger partial charge < -0.3 is 10.4 Å². The van der Waals surface area contributed by atoms with Crippen molar-refractivity contribution in [2.45, 2.75) is 32.3 Å². The standard InChI is InChI=1S/C13H18BrNO2/c1-9(16)12(17)15-8-13(2,3)10-4-6-11(14)7-5-10/h4-7,9,16H,8H2,1-3H3,(H,15,17). The van der Waals surface area contributed by atoms with Crippen molar-refractivity contribution in [1.82, 2.24) is 5.32 Å². The molecule has 0 radical (unpaired) electrons. The molecule has 0 heterocycles. The lowest BCUT2D eigenvalue weighted by Crippen LogP contribution is -2.40. The van der Waals surface area contributed by atoms with Crippen molar-refractivity contribution in [3.8, 4) is 0 Å². The molecule has 3 nitrogen and oxygen atoms in total. The van der Waals surface area contributed by atoms with Crippen molar-refractivity contribution >= 4 is 21.8 Å². The molecule has 0 bridgehead atoms. The number of benzene rings is 1. The predicted molar refractivity (Wildman–Crippen MR) is 71.9 cm³/mol. The van der Waals surface area contributed by atoms with E-state index in [0.29, 0.717) is 6.54 Å². The van der Waals surface area contributed by atoms with Gasteiger partial charge in [0.2, 0.25) is 5.91 Å². The number of aliphatic hydroxyl groups excluding tert-OH is 1. The van der Waals surface area contributed by atoms with E-state index in [1.54, 1.807) is 0 Å². The molecule has 0 aliphatic carbocycles. The minimum Gasteiger partial charge on any atom is -0.384 e. The maximum absolute atomic E-state index is 11.3. The highest BCUT2D eigenvalue weighted by Crippen LogP contribution is 2.23. The Morgan fingerprint density at radius 1 is 1.41 bits per heavy atom. The fourth-order valence-corrected chi connectivity index (χ4v) is 1.72. The first-order valence-corrected chi connectivity index (χ1v) is 6.34. The van der Waals surface area contributed by atoms with Crippen LogP contribution < -0.4 is 5.32 Å². The topological polar surface area (TPSA) is 49.3 Å². The summed E-state index contributed by atoms with van der Waals surface area (Å²) in [6, 6.07) is 8.01. The molecule has 1 amide bonds. The number of aliphatic hydroxyl groups is 1. The average molecular weight is 300 g/mol. The van der Waals surface area contributed by atoms with E-state index >= 15 is 0 Å². The van der Waals surface area contributed by atoms with Gasteiger partial charge >= 0.3 is 0 Å². The van der Waals surface area contributed by atoms with E-state index in [9.17, 15) is 4.79 Å². The van der Waals surface area contributed by atoms with Gasteiger partial charge in [0.25, 0.3) is 0 Å². The molecule has 0 spiro atoms. The number of halogens is 1. The number of nitrogens with one attached hydrogen (secondary N) is 1. The first-order chi connectivity index (χ1) is 7.83. The summed E-state index contributed by atoms with van der Waals surface area (Å²) in [7, 11) is 0. The van der Waals surface area contributed by atoms with Crippen molar-refractivity contribution in [1.29, 1.82) is 0 Å². The molecule has 0 saturated carbocycles. The Morgan fingerprint density at radius 2 is 1.94 bits per heavy atom. The molecular formula is C13H18BrNO2. The minimum atomic E-state index is -0.962. The normalized spacial score (nSPS) is 13.2. The molecule has 4 heteroatoms. The van der Waals surface area contributed by atoms with Gasteiger partial charge in [-0.3, -0.25) is 4.79 Å². The molecule has 0 aliphatic heterocycles. The molecule has 0 aliphatic rings. The second-order valence-electron chi connectivity index (χ2n) is 4.78. The highest BCUT2D eigenvalue weighted by molar-refractivity contribution is 9.10. The highest BCUT2D eigenvalue weighted by atomic mass is 79.9. The van der Waals surface area contributed by atoms with Gasteiger partial charge in [0.05, 0.1) is 0 Å². The van der Waals surface area contributed by atoms with Gasteiger partial charge in [0, 0.05) is 16.4 Å². The number of hydrogen-bond donors (Lipinski definition) is 2. The van der Waals surface area contributed by atoms with Crippen LogP contribution in [0.1, 0.15) is 26.3 Å². The van der Waals surface area contributed by atoms with Crippen LogP contribution in [0, 0.1) is 0 Å². The highest BCUT2D eigenvalue weighted by Gasteiger charge is 2.22. The second kappa shape index (κ2) is 5.65. The minimum absolute atomic E-state index is 0.161. The zero-order valence-electron chi connectivity index (χ0n) is 10.3. The summed E-state index contributed by atoms with van der Waals surface area (Å²) < 4.78 is 1.03. The van der Waals surface area contributed by atoms with Crippen LogP contribution in [-0.4, -0.2) is 23.7 Å². The van der Waals surface area contributed by atoms with Gasteiger partial charge in [-0.2, -0.15) is 0 Å². The molecule has 1 unspecified atom stereocenters. The van der Waals surface area contributed by atoms with E-state index in [1.807, 2.05) is 24.3 Å². The molecular weight excluding hydrogens is 282 g/mol. The zero-order chi connectivity index (χ0) is 13.1. The molecule has 1 atom stereocenters. The molecule has 0 aromatic heterocycles. The van der Waals surface area contributed by atoms with E-state index in [4.69, 9.17) is 5.11 Å². The number of hydrogen-bond acceptors (Lipinski definition) is 2. The van der Waals surface area contributed by atoms with E-state index in [0.717, 1.165) is 10.0 Å². The smallest absolute Gasteiger partial charge is 0.248 e.